The Balaban J connectivity index is 1.29. The number of amides is 2. The van der Waals surface area contributed by atoms with Gasteiger partial charge in [0, 0.05) is 34.9 Å². The molecule has 4 aromatic rings. The molecule has 2 aromatic carbocycles. The molecule has 6 heteroatoms. The molecule has 2 aromatic heterocycles. The normalized spacial score (nSPS) is 11.0. The van der Waals surface area contributed by atoms with Crippen molar-refractivity contribution >= 4 is 33.6 Å². The number of carbonyl (C=O) groups excluding carboxylic acids is 2. The first kappa shape index (κ1) is 20.6. The number of carbonyl (C=O) groups is 2. The number of fused-ring (bicyclic) bond motifs is 3. The predicted octanol–water partition coefficient (Wildman–Crippen LogP) is 4.27. The van der Waals surface area contributed by atoms with Gasteiger partial charge in [-0.3, -0.25) is 9.59 Å². The number of hydrogen-bond donors (Lipinski definition) is 3. The molecular weight excluding hydrogens is 388 g/mol. The van der Waals surface area contributed by atoms with E-state index >= 15 is 0 Å². The summed E-state index contributed by atoms with van der Waals surface area (Å²) in [4.78, 5) is 32.7. The zero-order valence-electron chi connectivity index (χ0n) is 17.8. The highest BCUT2D eigenvalue weighted by Gasteiger charge is 2.13. The van der Waals surface area contributed by atoms with E-state index in [1.165, 1.54) is 0 Å². The zero-order chi connectivity index (χ0) is 21.8. The fraction of sp³-hybridized carbons (Fsp3) is 0.240. The second-order valence-electron chi connectivity index (χ2n) is 7.72. The number of H-pyrrole nitrogens is 1. The average molecular weight is 415 g/mol. The first-order valence-electron chi connectivity index (χ1n) is 10.5. The number of pyridine rings is 1. The number of benzene rings is 2. The van der Waals surface area contributed by atoms with Crippen LogP contribution in [0.1, 0.15) is 44.9 Å². The lowest BCUT2D eigenvalue weighted by molar-refractivity contribution is 0.0936. The Hall–Kier alpha value is -3.67. The van der Waals surface area contributed by atoms with Crippen molar-refractivity contribution in [2.75, 3.05) is 13.1 Å². The standard InChI is InChI=1S/C25H26N4O2/c1-16-9-3-4-10-18(16)24(30)26-13-7-8-14-27-25(31)22-15-20-19-11-5-6-12-21(19)29-23(20)17(2)28-22/h3-6,9-12,15,29H,7-8,13-14H2,1-2H3,(H,26,30)(H,27,31). The van der Waals surface area contributed by atoms with Crippen molar-refractivity contribution in [2.45, 2.75) is 26.7 Å². The third-order valence-corrected chi connectivity index (χ3v) is 5.47. The Morgan fingerprint density at radius 3 is 2.32 bits per heavy atom. The number of aromatic amines is 1. The summed E-state index contributed by atoms with van der Waals surface area (Å²) in [5.74, 6) is -0.243. The maximum Gasteiger partial charge on any atom is 0.269 e. The molecule has 0 radical (unpaired) electrons. The molecule has 0 saturated carbocycles. The lowest BCUT2D eigenvalue weighted by atomic mass is 10.1. The van der Waals surface area contributed by atoms with Gasteiger partial charge in [-0.25, -0.2) is 4.98 Å². The smallest absolute Gasteiger partial charge is 0.269 e. The molecule has 158 valence electrons. The summed E-state index contributed by atoms with van der Waals surface area (Å²) >= 11 is 0. The number of aromatic nitrogens is 2. The van der Waals surface area contributed by atoms with Crippen LogP contribution >= 0.6 is 0 Å². The van der Waals surface area contributed by atoms with E-state index in [0.29, 0.717) is 24.3 Å². The quantitative estimate of drug-likeness (QED) is 0.395. The first-order valence-corrected chi connectivity index (χ1v) is 10.5. The minimum atomic E-state index is -0.181. The lowest BCUT2D eigenvalue weighted by Gasteiger charge is -2.08. The van der Waals surface area contributed by atoms with Crippen LogP contribution in [0.15, 0.2) is 54.6 Å². The van der Waals surface area contributed by atoms with Crippen molar-refractivity contribution in [1.29, 1.82) is 0 Å². The number of aryl methyl sites for hydroxylation is 2. The second-order valence-corrected chi connectivity index (χ2v) is 7.72. The molecule has 0 aliphatic carbocycles. The predicted molar refractivity (Wildman–Crippen MR) is 123 cm³/mol. The number of para-hydroxylation sites is 1. The number of nitrogens with one attached hydrogen (secondary N) is 3. The van der Waals surface area contributed by atoms with Gasteiger partial charge in [0.05, 0.1) is 11.2 Å². The summed E-state index contributed by atoms with van der Waals surface area (Å²) in [6.45, 7) is 4.94. The van der Waals surface area contributed by atoms with Gasteiger partial charge in [-0.15, -0.1) is 0 Å². The molecule has 0 bridgehead atoms. The Labute approximate surface area is 181 Å². The van der Waals surface area contributed by atoms with E-state index in [2.05, 4.69) is 20.6 Å². The van der Waals surface area contributed by atoms with Gasteiger partial charge in [0.2, 0.25) is 0 Å². The fourth-order valence-corrected chi connectivity index (χ4v) is 3.79. The van der Waals surface area contributed by atoms with Gasteiger partial charge < -0.3 is 15.6 Å². The molecule has 0 fully saturated rings. The average Bonchev–Trinajstić information content (AvgIpc) is 3.15. The number of rotatable bonds is 7. The first-order chi connectivity index (χ1) is 15.0. The van der Waals surface area contributed by atoms with Crippen LogP contribution < -0.4 is 10.6 Å². The molecule has 0 spiro atoms. The Morgan fingerprint density at radius 2 is 1.55 bits per heavy atom. The molecule has 0 aliphatic heterocycles. The van der Waals surface area contributed by atoms with E-state index in [4.69, 9.17) is 0 Å². The van der Waals surface area contributed by atoms with Gasteiger partial charge in [-0.1, -0.05) is 36.4 Å². The molecule has 3 N–H and O–H groups in total. The summed E-state index contributed by atoms with van der Waals surface area (Å²) in [5, 5.41) is 7.96. The summed E-state index contributed by atoms with van der Waals surface area (Å²) in [7, 11) is 0. The van der Waals surface area contributed by atoms with E-state index in [9.17, 15) is 9.59 Å². The molecule has 31 heavy (non-hydrogen) atoms. The van der Waals surface area contributed by atoms with Crippen molar-refractivity contribution in [3.63, 3.8) is 0 Å². The van der Waals surface area contributed by atoms with Crippen LogP contribution in [0.5, 0.6) is 0 Å². The third kappa shape index (κ3) is 4.43. The van der Waals surface area contributed by atoms with Crippen LogP contribution in [0.2, 0.25) is 0 Å². The Morgan fingerprint density at radius 1 is 0.871 bits per heavy atom. The van der Waals surface area contributed by atoms with Crippen molar-refractivity contribution in [3.8, 4) is 0 Å². The highest BCUT2D eigenvalue weighted by molar-refractivity contribution is 6.10. The zero-order valence-corrected chi connectivity index (χ0v) is 17.8. The van der Waals surface area contributed by atoms with Crippen molar-refractivity contribution in [2.24, 2.45) is 0 Å². The minimum Gasteiger partial charge on any atom is -0.353 e. The highest BCUT2D eigenvalue weighted by atomic mass is 16.2. The maximum absolute atomic E-state index is 12.6. The van der Waals surface area contributed by atoms with Crippen LogP contribution in [0.4, 0.5) is 0 Å². The van der Waals surface area contributed by atoms with Gasteiger partial charge in [-0.05, 0) is 50.5 Å². The molecule has 0 unspecified atom stereocenters. The number of hydrogen-bond acceptors (Lipinski definition) is 3. The molecule has 4 rings (SSSR count). The molecular formula is C25H26N4O2. The molecule has 0 saturated heterocycles. The summed E-state index contributed by atoms with van der Waals surface area (Å²) < 4.78 is 0. The van der Waals surface area contributed by atoms with Crippen LogP contribution in [-0.4, -0.2) is 34.9 Å². The fourth-order valence-electron chi connectivity index (χ4n) is 3.79. The van der Waals surface area contributed by atoms with Gasteiger partial charge in [0.15, 0.2) is 0 Å². The van der Waals surface area contributed by atoms with E-state index < -0.39 is 0 Å². The maximum atomic E-state index is 12.6. The van der Waals surface area contributed by atoms with Gasteiger partial charge in [0.1, 0.15) is 5.69 Å². The third-order valence-electron chi connectivity index (χ3n) is 5.47. The topological polar surface area (TPSA) is 86.9 Å². The number of nitrogens with zero attached hydrogens (tertiary/aromatic N) is 1. The SMILES string of the molecule is Cc1ccccc1C(=O)NCCCCNC(=O)c1cc2c([nH]c3ccccc32)c(C)n1. The minimum absolute atomic E-state index is 0.0613. The molecule has 0 aliphatic rings. The lowest BCUT2D eigenvalue weighted by Crippen LogP contribution is -2.28. The molecule has 2 amide bonds. The molecule has 6 nitrogen and oxygen atoms in total. The van der Waals surface area contributed by atoms with Crippen molar-refractivity contribution in [3.05, 3.63) is 77.1 Å². The largest absolute Gasteiger partial charge is 0.353 e. The van der Waals surface area contributed by atoms with Gasteiger partial charge >= 0.3 is 0 Å². The van der Waals surface area contributed by atoms with Crippen LogP contribution in [0.25, 0.3) is 21.8 Å². The summed E-state index contributed by atoms with van der Waals surface area (Å²) in [6.07, 6.45) is 1.56. The van der Waals surface area contributed by atoms with E-state index in [0.717, 1.165) is 45.9 Å². The van der Waals surface area contributed by atoms with Crippen LogP contribution in [0.3, 0.4) is 0 Å². The highest BCUT2D eigenvalue weighted by Crippen LogP contribution is 2.27. The summed E-state index contributed by atoms with van der Waals surface area (Å²) in [5.41, 5.74) is 4.88. The molecule has 0 atom stereocenters. The van der Waals surface area contributed by atoms with E-state index in [1.54, 1.807) is 0 Å². The summed E-state index contributed by atoms with van der Waals surface area (Å²) in [6, 6.07) is 17.4. The van der Waals surface area contributed by atoms with Crippen molar-refractivity contribution < 1.29 is 9.59 Å². The van der Waals surface area contributed by atoms with E-state index in [-0.39, 0.29) is 11.8 Å². The molecule has 2 heterocycles. The van der Waals surface area contributed by atoms with Gasteiger partial charge in [-0.2, -0.15) is 0 Å². The monoisotopic (exact) mass is 414 g/mol. The van der Waals surface area contributed by atoms with Crippen LogP contribution in [-0.2, 0) is 0 Å². The van der Waals surface area contributed by atoms with Crippen LogP contribution in [0, 0.1) is 13.8 Å². The van der Waals surface area contributed by atoms with Gasteiger partial charge in [0.25, 0.3) is 11.8 Å². The van der Waals surface area contributed by atoms with Crippen molar-refractivity contribution in [1.82, 2.24) is 20.6 Å². The number of unbranched alkanes of at least 4 members (excludes halogenated alkanes) is 1. The Bertz CT molecular complexity index is 1260. The second kappa shape index (κ2) is 9.00. The Kier molecular flexibility index (Phi) is 5.98. The van der Waals surface area contributed by atoms with E-state index in [1.807, 2.05) is 68.4 Å².